The van der Waals surface area contributed by atoms with E-state index in [1.165, 1.54) is 12.8 Å². The molecule has 0 spiro atoms. The Balaban J connectivity index is 2.91. The molecule has 2 N–H and O–H groups in total. The first-order chi connectivity index (χ1) is 4.27. The molecule has 9 heavy (non-hydrogen) atoms. The highest BCUT2D eigenvalue weighted by molar-refractivity contribution is 4.76. The molecule has 0 unspecified atom stereocenters. The standard InChI is InChI=1S/C8H17N/c1-3-4-5-6-7-8(2)9/h3-4,8H,5-7,9H2,1-2H3/t8-/m0/s1. The smallest absolute Gasteiger partial charge is 0.00105 e. The van der Waals surface area contributed by atoms with Crippen molar-refractivity contribution in [2.45, 2.75) is 39.2 Å². The van der Waals surface area contributed by atoms with Crippen molar-refractivity contribution >= 4 is 0 Å². The van der Waals surface area contributed by atoms with Crippen LogP contribution in [0.5, 0.6) is 0 Å². The van der Waals surface area contributed by atoms with Gasteiger partial charge in [0, 0.05) is 6.04 Å². The molecule has 0 saturated carbocycles. The number of unbranched alkanes of at least 4 members (excludes halogenated alkanes) is 1. The summed E-state index contributed by atoms with van der Waals surface area (Å²) in [6.07, 6.45) is 7.81. The van der Waals surface area contributed by atoms with Crippen molar-refractivity contribution in [3.63, 3.8) is 0 Å². The Morgan fingerprint density at radius 1 is 1.56 bits per heavy atom. The van der Waals surface area contributed by atoms with Crippen molar-refractivity contribution in [2.24, 2.45) is 5.73 Å². The fourth-order valence-electron chi connectivity index (χ4n) is 0.724. The Hall–Kier alpha value is -0.300. The van der Waals surface area contributed by atoms with Gasteiger partial charge in [0.25, 0.3) is 0 Å². The van der Waals surface area contributed by atoms with Crippen molar-refractivity contribution in [1.82, 2.24) is 0 Å². The number of hydrogen-bond donors (Lipinski definition) is 1. The average Bonchev–Trinajstić information content (AvgIpc) is 1.80. The first-order valence-corrected chi connectivity index (χ1v) is 3.64. The van der Waals surface area contributed by atoms with Crippen LogP contribution in [-0.2, 0) is 0 Å². The fourth-order valence-corrected chi connectivity index (χ4v) is 0.724. The molecule has 0 amide bonds. The Bertz CT molecular complexity index is 74.6. The van der Waals surface area contributed by atoms with Gasteiger partial charge in [-0.2, -0.15) is 0 Å². The van der Waals surface area contributed by atoms with E-state index in [1.807, 2.05) is 6.92 Å². The highest BCUT2D eigenvalue weighted by Gasteiger charge is 1.90. The van der Waals surface area contributed by atoms with Gasteiger partial charge in [-0.25, -0.2) is 0 Å². The highest BCUT2D eigenvalue weighted by atomic mass is 14.6. The molecule has 0 fully saturated rings. The molecule has 1 atom stereocenters. The van der Waals surface area contributed by atoms with Gasteiger partial charge >= 0.3 is 0 Å². The summed E-state index contributed by atoms with van der Waals surface area (Å²) in [7, 11) is 0. The number of hydrogen-bond acceptors (Lipinski definition) is 1. The minimum absolute atomic E-state index is 0.371. The first-order valence-electron chi connectivity index (χ1n) is 3.64. The zero-order valence-corrected chi connectivity index (χ0v) is 6.43. The monoisotopic (exact) mass is 127 g/mol. The SMILES string of the molecule is CC=CCCC[C@H](C)N. The van der Waals surface area contributed by atoms with Gasteiger partial charge in [-0.3, -0.25) is 0 Å². The number of nitrogens with two attached hydrogens (primary N) is 1. The molecule has 1 heteroatoms. The van der Waals surface area contributed by atoms with E-state index in [1.54, 1.807) is 0 Å². The molecule has 0 aromatic rings. The number of rotatable bonds is 4. The van der Waals surface area contributed by atoms with Gasteiger partial charge in [0.05, 0.1) is 0 Å². The van der Waals surface area contributed by atoms with Crippen LogP contribution in [0.2, 0.25) is 0 Å². The zero-order chi connectivity index (χ0) is 7.11. The topological polar surface area (TPSA) is 26.0 Å². The third kappa shape index (κ3) is 7.70. The van der Waals surface area contributed by atoms with Gasteiger partial charge in [0.15, 0.2) is 0 Å². The summed E-state index contributed by atoms with van der Waals surface area (Å²) in [5, 5.41) is 0. The highest BCUT2D eigenvalue weighted by Crippen LogP contribution is 1.98. The molecule has 0 bridgehead atoms. The molecule has 0 aliphatic carbocycles. The van der Waals surface area contributed by atoms with Gasteiger partial charge in [-0.1, -0.05) is 12.2 Å². The minimum Gasteiger partial charge on any atom is -0.328 e. The van der Waals surface area contributed by atoms with E-state index in [2.05, 4.69) is 19.1 Å². The normalized spacial score (nSPS) is 14.6. The summed E-state index contributed by atoms with van der Waals surface area (Å²) < 4.78 is 0. The Labute approximate surface area is 57.9 Å². The van der Waals surface area contributed by atoms with Crippen LogP contribution in [0.15, 0.2) is 12.2 Å². The molecular weight excluding hydrogens is 110 g/mol. The Morgan fingerprint density at radius 3 is 2.67 bits per heavy atom. The molecular formula is C8H17N. The van der Waals surface area contributed by atoms with Gasteiger partial charge in [0.1, 0.15) is 0 Å². The molecule has 0 aromatic carbocycles. The molecule has 0 aromatic heterocycles. The third-order valence-corrected chi connectivity index (χ3v) is 1.27. The fraction of sp³-hybridized carbons (Fsp3) is 0.750. The second-order valence-electron chi connectivity index (χ2n) is 2.48. The second kappa shape index (κ2) is 5.83. The quantitative estimate of drug-likeness (QED) is 0.454. The van der Waals surface area contributed by atoms with Crippen LogP contribution in [0.25, 0.3) is 0 Å². The summed E-state index contributed by atoms with van der Waals surface area (Å²) in [5.74, 6) is 0. The van der Waals surface area contributed by atoms with E-state index in [4.69, 9.17) is 5.73 Å². The lowest BCUT2D eigenvalue weighted by Gasteiger charge is -2.00. The molecule has 54 valence electrons. The van der Waals surface area contributed by atoms with Gasteiger partial charge in [-0.05, 0) is 33.1 Å². The second-order valence-corrected chi connectivity index (χ2v) is 2.48. The maximum Gasteiger partial charge on any atom is 0.00105 e. The van der Waals surface area contributed by atoms with Crippen LogP contribution < -0.4 is 5.73 Å². The predicted molar refractivity (Wildman–Crippen MR) is 42.3 cm³/mol. The van der Waals surface area contributed by atoms with E-state index in [0.29, 0.717) is 6.04 Å². The largest absolute Gasteiger partial charge is 0.328 e. The summed E-state index contributed by atoms with van der Waals surface area (Å²) in [6, 6.07) is 0.371. The predicted octanol–water partition coefficient (Wildman–Crippen LogP) is 2.08. The van der Waals surface area contributed by atoms with Gasteiger partial charge in [0.2, 0.25) is 0 Å². The lowest BCUT2D eigenvalue weighted by Crippen LogP contribution is -2.13. The molecule has 0 rings (SSSR count). The van der Waals surface area contributed by atoms with Gasteiger partial charge in [-0.15, -0.1) is 0 Å². The molecule has 0 saturated heterocycles. The van der Waals surface area contributed by atoms with Crippen molar-refractivity contribution in [2.75, 3.05) is 0 Å². The average molecular weight is 127 g/mol. The molecule has 1 nitrogen and oxygen atoms in total. The summed E-state index contributed by atoms with van der Waals surface area (Å²) in [5.41, 5.74) is 5.55. The van der Waals surface area contributed by atoms with E-state index >= 15 is 0 Å². The molecule has 0 radical (unpaired) electrons. The van der Waals surface area contributed by atoms with Crippen LogP contribution in [0, 0.1) is 0 Å². The molecule has 0 aliphatic heterocycles. The summed E-state index contributed by atoms with van der Waals surface area (Å²) in [4.78, 5) is 0. The lowest BCUT2D eigenvalue weighted by atomic mass is 10.1. The van der Waals surface area contributed by atoms with E-state index in [0.717, 1.165) is 6.42 Å². The first kappa shape index (κ1) is 8.70. The van der Waals surface area contributed by atoms with Crippen molar-refractivity contribution in [1.29, 1.82) is 0 Å². The van der Waals surface area contributed by atoms with Crippen molar-refractivity contribution in [3.8, 4) is 0 Å². The number of allylic oxidation sites excluding steroid dienone is 2. The minimum atomic E-state index is 0.371. The molecule has 0 heterocycles. The third-order valence-electron chi connectivity index (χ3n) is 1.27. The van der Waals surface area contributed by atoms with Crippen molar-refractivity contribution in [3.05, 3.63) is 12.2 Å². The summed E-state index contributed by atoms with van der Waals surface area (Å²) >= 11 is 0. The van der Waals surface area contributed by atoms with E-state index < -0.39 is 0 Å². The van der Waals surface area contributed by atoms with Crippen molar-refractivity contribution < 1.29 is 0 Å². The summed E-state index contributed by atoms with van der Waals surface area (Å²) in [6.45, 7) is 4.10. The molecule has 0 aliphatic rings. The Kier molecular flexibility index (Phi) is 5.64. The van der Waals surface area contributed by atoms with Crippen LogP contribution in [0.3, 0.4) is 0 Å². The van der Waals surface area contributed by atoms with E-state index in [9.17, 15) is 0 Å². The van der Waals surface area contributed by atoms with Crippen LogP contribution in [-0.4, -0.2) is 6.04 Å². The lowest BCUT2D eigenvalue weighted by molar-refractivity contribution is 0.630. The van der Waals surface area contributed by atoms with Crippen LogP contribution in [0.4, 0.5) is 0 Å². The maximum absolute atomic E-state index is 5.55. The van der Waals surface area contributed by atoms with E-state index in [-0.39, 0.29) is 0 Å². The maximum atomic E-state index is 5.55. The zero-order valence-electron chi connectivity index (χ0n) is 6.43. The van der Waals surface area contributed by atoms with Gasteiger partial charge < -0.3 is 5.73 Å². The van der Waals surface area contributed by atoms with Crippen LogP contribution >= 0.6 is 0 Å². The Morgan fingerprint density at radius 2 is 2.22 bits per heavy atom. The van der Waals surface area contributed by atoms with Crippen LogP contribution in [0.1, 0.15) is 33.1 Å².